The van der Waals surface area contributed by atoms with E-state index in [4.69, 9.17) is 0 Å². The molecule has 0 aliphatic carbocycles. The monoisotopic (exact) mass is 226 g/mol. The van der Waals surface area contributed by atoms with Gasteiger partial charge in [0.2, 0.25) is 0 Å². The Morgan fingerprint density at radius 1 is 1.42 bits per heavy atom. The van der Waals surface area contributed by atoms with Gasteiger partial charge in [-0.2, -0.15) is 0 Å². The van der Waals surface area contributed by atoms with Crippen LogP contribution in [0.5, 0.6) is 0 Å². The lowest BCUT2D eigenvalue weighted by atomic mass is 10.1. The summed E-state index contributed by atoms with van der Waals surface area (Å²) in [5.41, 5.74) is 2.31. The lowest BCUT2D eigenvalue weighted by Crippen LogP contribution is -1.96. The van der Waals surface area contributed by atoms with Crippen molar-refractivity contribution in [3.8, 4) is 0 Å². The van der Waals surface area contributed by atoms with E-state index in [9.17, 15) is 4.79 Å². The third kappa shape index (κ3) is 2.78. The van der Waals surface area contributed by atoms with Crippen LogP contribution < -0.4 is 0 Å². The fourth-order valence-corrected chi connectivity index (χ4v) is 1.46. The average molecular weight is 227 g/mol. The molecule has 0 heterocycles. The Hall–Kier alpha value is -0.630. The van der Waals surface area contributed by atoms with Gasteiger partial charge >= 0.3 is 0 Å². The lowest BCUT2D eigenvalue weighted by molar-refractivity contribution is -0.116. The SMILES string of the molecule is CC(=O)Cc1cccc(CBr)c1. The van der Waals surface area contributed by atoms with Crippen LogP contribution in [0, 0.1) is 0 Å². The molecule has 0 saturated carbocycles. The number of benzene rings is 1. The number of alkyl halides is 1. The van der Waals surface area contributed by atoms with Gasteiger partial charge in [-0.15, -0.1) is 0 Å². The highest BCUT2D eigenvalue weighted by Crippen LogP contribution is 2.09. The highest BCUT2D eigenvalue weighted by atomic mass is 79.9. The number of halogens is 1. The summed E-state index contributed by atoms with van der Waals surface area (Å²) in [7, 11) is 0. The molecule has 2 heteroatoms. The van der Waals surface area contributed by atoms with Crippen molar-refractivity contribution >= 4 is 21.7 Å². The van der Waals surface area contributed by atoms with E-state index in [1.807, 2.05) is 18.2 Å². The van der Waals surface area contributed by atoms with Gasteiger partial charge in [0.1, 0.15) is 5.78 Å². The number of ketones is 1. The molecule has 0 unspecified atom stereocenters. The molecule has 0 amide bonds. The summed E-state index contributed by atoms with van der Waals surface area (Å²) in [5, 5.41) is 0.846. The number of rotatable bonds is 3. The smallest absolute Gasteiger partial charge is 0.134 e. The molecule has 1 aromatic rings. The zero-order chi connectivity index (χ0) is 8.97. The average Bonchev–Trinajstić information content (AvgIpc) is 2.03. The molecule has 1 nitrogen and oxygen atoms in total. The molecule has 1 rings (SSSR count). The minimum Gasteiger partial charge on any atom is -0.300 e. The highest BCUT2D eigenvalue weighted by molar-refractivity contribution is 9.08. The van der Waals surface area contributed by atoms with Crippen LogP contribution >= 0.6 is 15.9 Å². The summed E-state index contributed by atoms with van der Waals surface area (Å²) >= 11 is 3.37. The van der Waals surface area contributed by atoms with E-state index in [1.165, 1.54) is 5.56 Å². The van der Waals surface area contributed by atoms with E-state index in [0.29, 0.717) is 6.42 Å². The molecule has 0 bridgehead atoms. The van der Waals surface area contributed by atoms with Crippen LogP contribution in [-0.2, 0) is 16.5 Å². The molecule has 0 aliphatic rings. The number of carbonyl (C=O) groups excluding carboxylic acids is 1. The minimum atomic E-state index is 0.210. The first-order valence-corrected chi connectivity index (χ1v) is 4.97. The summed E-state index contributed by atoms with van der Waals surface area (Å²) in [6.45, 7) is 1.61. The largest absolute Gasteiger partial charge is 0.300 e. The van der Waals surface area contributed by atoms with Crippen LogP contribution in [0.3, 0.4) is 0 Å². The topological polar surface area (TPSA) is 17.1 Å². The third-order valence-electron chi connectivity index (χ3n) is 1.60. The Labute approximate surface area is 80.9 Å². The molecule has 0 saturated heterocycles. The molecule has 0 atom stereocenters. The van der Waals surface area contributed by atoms with Gasteiger partial charge in [-0.1, -0.05) is 40.2 Å². The van der Waals surface area contributed by atoms with Crippen LogP contribution in [0.1, 0.15) is 18.1 Å². The van der Waals surface area contributed by atoms with Crippen molar-refractivity contribution in [3.63, 3.8) is 0 Å². The molecular formula is C10H11BrO. The van der Waals surface area contributed by atoms with Crippen LogP contribution in [0.4, 0.5) is 0 Å². The summed E-state index contributed by atoms with van der Waals surface area (Å²) in [6, 6.07) is 8.05. The van der Waals surface area contributed by atoms with Crippen LogP contribution in [0.25, 0.3) is 0 Å². The third-order valence-corrected chi connectivity index (χ3v) is 2.25. The molecule has 0 aliphatic heterocycles. The van der Waals surface area contributed by atoms with E-state index in [2.05, 4.69) is 22.0 Å². The van der Waals surface area contributed by atoms with Gasteiger partial charge in [-0.05, 0) is 18.1 Å². The maximum absolute atomic E-state index is 10.8. The maximum atomic E-state index is 10.8. The Morgan fingerprint density at radius 3 is 2.67 bits per heavy atom. The predicted molar refractivity (Wildman–Crippen MR) is 53.5 cm³/mol. The first kappa shape index (κ1) is 9.46. The van der Waals surface area contributed by atoms with Gasteiger partial charge in [0, 0.05) is 11.8 Å². The van der Waals surface area contributed by atoms with Crippen molar-refractivity contribution in [2.45, 2.75) is 18.7 Å². The number of hydrogen-bond donors (Lipinski definition) is 0. The van der Waals surface area contributed by atoms with Crippen LogP contribution in [0.2, 0.25) is 0 Å². The van der Waals surface area contributed by atoms with E-state index in [-0.39, 0.29) is 5.78 Å². The zero-order valence-electron chi connectivity index (χ0n) is 7.01. The van der Waals surface area contributed by atoms with Crippen LogP contribution in [-0.4, -0.2) is 5.78 Å². The van der Waals surface area contributed by atoms with E-state index >= 15 is 0 Å². The number of carbonyl (C=O) groups is 1. The second-order valence-corrected chi connectivity index (χ2v) is 3.39. The Kier molecular flexibility index (Phi) is 3.48. The standard InChI is InChI=1S/C10H11BrO/c1-8(12)5-9-3-2-4-10(6-9)7-11/h2-4,6H,5,7H2,1H3. The molecule has 0 spiro atoms. The maximum Gasteiger partial charge on any atom is 0.134 e. The summed E-state index contributed by atoms with van der Waals surface area (Å²) in [4.78, 5) is 10.8. The molecule has 0 N–H and O–H groups in total. The van der Waals surface area contributed by atoms with Crippen molar-refractivity contribution in [2.24, 2.45) is 0 Å². The highest BCUT2D eigenvalue weighted by Gasteiger charge is 1.97. The van der Waals surface area contributed by atoms with Crippen molar-refractivity contribution in [1.29, 1.82) is 0 Å². The number of Topliss-reactive ketones (excluding diaryl/α,β-unsaturated/α-hetero) is 1. The summed E-state index contributed by atoms with van der Waals surface area (Å²) in [6.07, 6.45) is 0.542. The molecule has 12 heavy (non-hydrogen) atoms. The lowest BCUT2D eigenvalue weighted by Gasteiger charge is -1.99. The Balaban J connectivity index is 2.79. The molecule has 0 fully saturated rings. The van der Waals surface area contributed by atoms with Crippen molar-refractivity contribution in [1.82, 2.24) is 0 Å². The fourth-order valence-electron chi connectivity index (χ4n) is 1.11. The molecule has 0 radical (unpaired) electrons. The fraction of sp³-hybridized carbons (Fsp3) is 0.300. The van der Waals surface area contributed by atoms with Gasteiger partial charge < -0.3 is 0 Å². The molecular weight excluding hydrogens is 216 g/mol. The predicted octanol–water partition coefficient (Wildman–Crippen LogP) is 2.71. The van der Waals surface area contributed by atoms with Crippen molar-refractivity contribution in [3.05, 3.63) is 35.4 Å². The minimum absolute atomic E-state index is 0.210. The summed E-state index contributed by atoms with van der Waals surface area (Å²) < 4.78 is 0. The second kappa shape index (κ2) is 4.41. The van der Waals surface area contributed by atoms with E-state index in [0.717, 1.165) is 10.9 Å². The van der Waals surface area contributed by atoms with Crippen LogP contribution in [0.15, 0.2) is 24.3 Å². The first-order chi connectivity index (χ1) is 5.72. The summed E-state index contributed by atoms with van der Waals surface area (Å²) in [5.74, 6) is 0.210. The van der Waals surface area contributed by atoms with Gasteiger partial charge in [0.15, 0.2) is 0 Å². The van der Waals surface area contributed by atoms with Gasteiger partial charge in [0.25, 0.3) is 0 Å². The van der Waals surface area contributed by atoms with E-state index in [1.54, 1.807) is 6.92 Å². The Bertz CT molecular complexity index is 281. The molecule has 64 valence electrons. The Morgan fingerprint density at radius 2 is 2.08 bits per heavy atom. The van der Waals surface area contributed by atoms with Crippen molar-refractivity contribution in [2.75, 3.05) is 0 Å². The quantitative estimate of drug-likeness (QED) is 0.725. The molecule has 0 aromatic heterocycles. The van der Waals surface area contributed by atoms with Gasteiger partial charge in [-0.3, -0.25) is 4.79 Å². The molecule has 1 aromatic carbocycles. The first-order valence-electron chi connectivity index (χ1n) is 3.85. The van der Waals surface area contributed by atoms with E-state index < -0.39 is 0 Å². The van der Waals surface area contributed by atoms with Gasteiger partial charge in [-0.25, -0.2) is 0 Å². The second-order valence-electron chi connectivity index (χ2n) is 2.83. The van der Waals surface area contributed by atoms with Crippen molar-refractivity contribution < 1.29 is 4.79 Å². The normalized spacial score (nSPS) is 9.83. The zero-order valence-corrected chi connectivity index (χ0v) is 8.60. The van der Waals surface area contributed by atoms with Gasteiger partial charge in [0.05, 0.1) is 0 Å². The number of hydrogen-bond acceptors (Lipinski definition) is 1.